The number of rotatable bonds is 7. The SMILES string of the molecule is COc1cccc(C(=O)Nc2cccc(OC(=O)c3cc(S(=O)(=O)N4CCCCC4)ccc3Cl)c2)c1. The van der Waals surface area contributed by atoms with Crippen LogP contribution in [0.4, 0.5) is 5.69 Å². The third kappa shape index (κ3) is 5.87. The average Bonchev–Trinajstić information content (AvgIpc) is 2.89. The number of hydrogen-bond donors (Lipinski definition) is 1. The minimum absolute atomic E-state index is 0.0138. The number of halogens is 1. The predicted molar refractivity (Wildman–Crippen MR) is 136 cm³/mol. The van der Waals surface area contributed by atoms with Crippen LogP contribution in [0.3, 0.4) is 0 Å². The van der Waals surface area contributed by atoms with Crippen molar-refractivity contribution in [2.45, 2.75) is 24.2 Å². The first-order chi connectivity index (χ1) is 17.3. The average molecular weight is 529 g/mol. The number of nitrogens with zero attached hydrogens (tertiary/aromatic N) is 1. The van der Waals surface area contributed by atoms with Crippen molar-refractivity contribution >= 4 is 39.2 Å². The number of hydrogen-bond acceptors (Lipinski definition) is 6. The summed E-state index contributed by atoms with van der Waals surface area (Å²) in [5.74, 6) is -0.474. The van der Waals surface area contributed by atoms with E-state index in [0.29, 0.717) is 30.1 Å². The number of benzene rings is 3. The van der Waals surface area contributed by atoms with Gasteiger partial charge in [-0.3, -0.25) is 4.79 Å². The fourth-order valence-corrected chi connectivity index (χ4v) is 5.58. The third-order valence-corrected chi connectivity index (χ3v) is 7.97. The molecule has 1 fully saturated rings. The molecule has 1 aliphatic rings. The number of carbonyl (C=O) groups is 2. The molecule has 1 N–H and O–H groups in total. The molecule has 0 saturated carbocycles. The van der Waals surface area contributed by atoms with Crippen molar-refractivity contribution in [3.63, 3.8) is 0 Å². The van der Waals surface area contributed by atoms with Crippen molar-refractivity contribution in [1.29, 1.82) is 0 Å². The van der Waals surface area contributed by atoms with Crippen molar-refractivity contribution in [2.24, 2.45) is 0 Å². The number of sulfonamides is 1. The van der Waals surface area contributed by atoms with E-state index in [9.17, 15) is 18.0 Å². The van der Waals surface area contributed by atoms with Gasteiger partial charge in [0.1, 0.15) is 11.5 Å². The number of carbonyl (C=O) groups excluding carboxylic acids is 2. The van der Waals surface area contributed by atoms with Crippen molar-refractivity contribution in [2.75, 3.05) is 25.5 Å². The maximum atomic E-state index is 13.0. The van der Waals surface area contributed by atoms with Gasteiger partial charge < -0.3 is 14.8 Å². The van der Waals surface area contributed by atoms with E-state index in [1.165, 1.54) is 35.7 Å². The van der Waals surface area contributed by atoms with Gasteiger partial charge in [0.15, 0.2) is 0 Å². The molecule has 0 unspecified atom stereocenters. The van der Waals surface area contributed by atoms with Crippen LogP contribution in [0.1, 0.15) is 40.0 Å². The Balaban J connectivity index is 1.50. The van der Waals surface area contributed by atoms with Gasteiger partial charge in [-0.1, -0.05) is 30.2 Å². The summed E-state index contributed by atoms with van der Waals surface area (Å²) in [6.07, 6.45) is 2.59. The zero-order chi connectivity index (χ0) is 25.7. The van der Waals surface area contributed by atoms with Gasteiger partial charge in [-0.05, 0) is 61.4 Å². The molecule has 0 aliphatic carbocycles. The highest BCUT2D eigenvalue weighted by Gasteiger charge is 2.27. The normalized spacial score (nSPS) is 14.2. The molecule has 3 aromatic carbocycles. The third-order valence-electron chi connectivity index (χ3n) is 5.74. The number of nitrogens with one attached hydrogen (secondary N) is 1. The molecule has 0 radical (unpaired) electrons. The van der Waals surface area contributed by atoms with Crippen LogP contribution in [0.25, 0.3) is 0 Å². The van der Waals surface area contributed by atoms with Crippen LogP contribution < -0.4 is 14.8 Å². The molecule has 36 heavy (non-hydrogen) atoms. The molecule has 1 heterocycles. The second-order valence-corrected chi connectivity index (χ2v) is 10.6. The first-order valence-electron chi connectivity index (χ1n) is 11.4. The summed E-state index contributed by atoms with van der Waals surface area (Å²) in [4.78, 5) is 25.5. The molecule has 4 rings (SSSR count). The van der Waals surface area contributed by atoms with E-state index < -0.39 is 16.0 Å². The maximum absolute atomic E-state index is 13.0. The van der Waals surface area contributed by atoms with E-state index >= 15 is 0 Å². The Morgan fingerprint density at radius 1 is 0.917 bits per heavy atom. The van der Waals surface area contributed by atoms with Crippen LogP contribution in [0.5, 0.6) is 11.5 Å². The fraction of sp³-hybridized carbons (Fsp3) is 0.231. The minimum Gasteiger partial charge on any atom is -0.497 e. The second kappa shape index (κ2) is 11.1. The van der Waals surface area contributed by atoms with E-state index in [1.54, 1.807) is 42.5 Å². The molecule has 188 valence electrons. The summed E-state index contributed by atoms with van der Waals surface area (Å²) in [6, 6.07) is 17.0. The molecule has 1 saturated heterocycles. The highest BCUT2D eigenvalue weighted by Crippen LogP contribution is 2.27. The second-order valence-electron chi connectivity index (χ2n) is 8.21. The fourth-order valence-electron chi connectivity index (χ4n) is 3.84. The number of ether oxygens (including phenoxy) is 2. The molecule has 8 nitrogen and oxygen atoms in total. The smallest absolute Gasteiger partial charge is 0.345 e. The van der Waals surface area contributed by atoms with Crippen LogP contribution in [0.15, 0.2) is 71.6 Å². The molecule has 10 heteroatoms. The van der Waals surface area contributed by atoms with Gasteiger partial charge in [-0.15, -0.1) is 0 Å². The summed E-state index contributed by atoms with van der Waals surface area (Å²) < 4.78 is 38.1. The molecule has 0 bridgehead atoms. The predicted octanol–water partition coefficient (Wildman–Crippen LogP) is 4.99. The number of anilines is 1. The largest absolute Gasteiger partial charge is 0.497 e. The Morgan fingerprint density at radius 3 is 2.39 bits per heavy atom. The van der Waals surface area contributed by atoms with Gasteiger partial charge in [0.25, 0.3) is 5.91 Å². The number of methoxy groups -OCH3 is 1. The van der Waals surface area contributed by atoms with E-state index in [-0.39, 0.29) is 27.1 Å². The summed E-state index contributed by atoms with van der Waals surface area (Å²) in [7, 11) is -2.24. The highest BCUT2D eigenvalue weighted by molar-refractivity contribution is 7.89. The van der Waals surface area contributed by atoms with Crippen LogP contribution in [0.2, 0.25) is 5.02 Å². The highest BCUT2D eigenvalue weighted by atomic mass is 35.5. The van der Waals surface area contributed by atoms with Crippen LogP contribution >= 0.6 is 11.6 Å². The van der Waals surface area contributed by atoms with Gasteiger partial charge in [0.05, 0.1) is 22.6 Å². The number of esters is 1. The van der Waals surface area contributed by atoms with E-state index in [4.69, 9.17) is 21.1 Å². The van der Waals surface area contributed by atoms with Crippen molar-refractivity contribution in [3.8, 4) is 11.5 Å². The number of piperidine rings is 1. The van der Waals surface area contributed by atoms with Crippen molar-refractivity contribution in [1.82, 2.24) is 4.31 Å². The van der Waals surface area contributed by atoms with E-state index in [2.05, 4.69) is 5.32 Å². The summed E-state index contributed by atoms with van der Waals surface area (Å²) in [5, 5.41) is 2.81. The van der Waals surface area contributed by atoms with Gasteiger partial charge in [0.2, 0.25) is 10.0 Å². The zero-order valence-corrected chi connectivity index (χ0v) is 21.1. The first kappa shape index (κ1) is 25.7. The van der Waals surface area contributed by atoms with E-state index in [1.807, 2.05) is 0 Å². The molecule has 1 amide bonds. The van der Waals surface area contributed by atoms with Crippen LogP contribution in [0, 0.1) is 0 Å². The minimum atomic E-state index is -3.75. The topological polar surface area (TPSA) is 102 Å². The lowest BCUT2D eigenvalue weighted by atomic mass is 10.2. The molecule has 0 atom stereocenters. The summed E-state index contributed by atoms with van der Waals surface area (Å²) in [5.41, 5.74) is 0.733. The Kier molecular flexibility index (Phi) is 7.93. The van der Waals surface area contributed by atoms with Gasteiger partial charge in [-0.25, -0.2) is 13.2 Å². The molecule has 1 aliphatic heterocycles. The van der Waals surface area contributed by atoms with E-state index in [0.717, 1.165) is 19.3 Å². The Morgan fingerprint density at radius 2 is 1.64 bits per heavy atom. The van der Waals surface area contributed by atoms with Crippen LogP contribution in [-0.2, 0) is 10.0 Å². The lowest BCUT2D eigenvalue weighted by Crippen LogP contribution is -2.35. The summed E-state index contributed by atoms with van der Waals surface area (Å²) in [6.45, 7) is 0.887. The molecule has 0 aromatic heterocycles. The van der Waals surface area contributed by atoms with Gasteiger partial charge >= 0.3 is 5.97 Å². The zero-order valence-electron chi connectivity index (χ0n) is 19.6. The molecule has 0 spiro atoms. The quantitative estimate of drug-likeness (QED) is 0.342. The standard InChI is InChI=1S/C26H25ClN2O6S/c1-34-20-9-5-7-18(15-20)25(30)28-19-8-6-10-21(16-19)35-26(31)23-17-22(11-12-24(23)27)36(32,33)29-13-3-2-4-14-29/h5-12,15-17H,2-4,13-14H2,1H3,(H,28,30). The van der Waals surface area contributed by atoms with Crippen LogP contribution in [-0.4, -0.2) is 44.8 Å². The summed E-state index contributed by atoms with van der Waals surface area (Å²) >= 11 is 6.21. The molecule has 3 aromatic rings. The lowest BCUT2D eigenvalue weighted by molar-refractivity contribution is 0.0734. The monoisotopic (exact) mass is 528 g/mol. The van der Waals surface area contributed by atoms with Crippen molar-refractivity contribution in [3.05, 3.63) is 82.9 Å². The first-order valence-corrected chi connectivity index (χ1v) is 13.2. The van der Waals surface area contributed by atoms with Crippen molar-refractivity contribution < 1.29 is 27.5 Å². The number of amides is 1. The molecular formula is C26H25ClN2O6S. The van der Waals surface area contributed by atoms with Gasteiger partial charge in [0, 0.05) is 30.4 Å². The molecular weight excluding hydrogens is 504 g/mol. The Hall–Kier alpha value is -3.40. The Bertz CT molecular complexity index is 1390. The maximum Gasteiger partial charge on any atom is 0.345 e. The van der Waals surface area contributed by atoms with Gasteiger partial charge in [-0.2, -0.15) is 4.31 Å². The lowest BCUT2D eigenvalue weighted by Gasteiger charge is -2.26. The Labute approximate surface area is 214 Å².